The Morgan fingerprint density at radius 3 is 1.19 bits per heavy atom. The maximum absolute atomic E-state index is 12.1. The van der Waals surface area contributed by atoms with Gasteiger partial charge in [0.15, 0.2) is 0 Å². The monoisotopic (exact) mass is 496 g/mol. The Morgan fingerprint density at radius 2 is 0.917 bits per heavy atom. The first kappa shape index (κ1) is 31.4. The maximum Gasteiger partial charge on any atom is 0.315 e. The molecule has 0 N–H and O–H groups in total. The molecule has 2 atom stereocenters. The van der Waals surface area contributed by atoms with Gasteiger partial charge in [0.25, 0.3) is 0 Å². The molecule has 0 saturated heterocycles. The molecule has 2 rings (SSSR count). The van der Waals surface area contributed by atoms with E-state index in [9.17, 15) is 9.59 Å². The zero-order chi connectivity index (χ0) is 26.9. The number of esters is 2. The molecular formula is C32H48O4. The second kappa shape index (κ2) is 16.9. The van der Waals surface area contributed by atoms with Gasteiger partial charge in [-0.2, -0.15) is 0 Å². The van der Waals surface area contributed by atoms with Crippen LogP contribution in [0.2, 0.25) is 0 Å². The molecule has 2 aromatic carbocycles. The van der Waals surface area contributed by atoms with Gasteiger partial charge in [0, 0.05) is 0 Å². The molecule has 0 heterocycles. The first-order valence-corrected chi connectivity index (χ1v) is 13.6. The van der Waals surface area contributed by atoms with Crippen LogP contribution < -0.4 is 0 Å². The van der Waals surface area contributed by atoms with Crippen LogP contribution in [-0.4, -0.2) is 26.2 Å². The van der Waals surface area contributed by atoms with Gasteiger partial charge in [0.1, 0.15) is 0 Å². The molecule has 0 aliphatic heterocycles. The molecule has 2 aromatic rings. The largest absolute Gasteiger partial charge is 0.468 e. The summed E-state index contributed by atoms with van der Waals surface area (Å²) in [5.74, 6) is -0.268. The van der Waals surface area contributed by atoms with Crippen LogP contribution in [0.4, 0.5) is 0 Å². The minimum Gasteiger partial charge on any atom is -0.468 e. The molecule has 0 amide bonds. The van der Waals surface area contributed by atoms with E-state index >= 15 is 0 Å². The highest BCUT2D eigenvalue weighted by atomic mass is 16.5. The molecule has 0 saturated carbocycles. The Balaban J connectivity index is 0.000000360. The first-order valence-electron chi connectivity index (χ1n) is 13.6. The average molecular weight is 497 g/mol. The number of benzene rings is 2. The molecule has 200 valence electrons. The smallest absolute Gasteiger partial charge is 0.315 e. The molecule has 0 radical (unpaired) electrons. The van der Waals surface area contributed by atoms with Crippen LogP contribution in [0.5, 0.6) is 0 Å². The van der Waals surface area contributed by atoms with Crippen LogP contribution in [0.1, 0.15) is 103 Å². The van der Waals surface area contributed by atoms with E-state index in [4.69, 9.17) is 9.47 Å². The van der Waals surface area contributed by atoms with Gasteiger partial charge in [-0.1, -0.05) is 126 Å². The highest BCUT2D eigenvalue weighted by Crippen LogP contribution is 2.32. The van der Waals surface area contributed by atoms with Crippen molar-refractivity contribution in [3.63, 3.8) is 0 Å². The van der Waals surface area contributed by atoms with Gasteiger partial charge in [-0.15, -0.1) is 0 Å². The summed E-state index contributed by atoms with van der Waals surface area (Å²) in [4.78, 5) is 24.2. The minimum absolute atomic E-state index is 0.134. The number of hydrogen-bond donors (Lipinski definition) is 0. The summed E-state index contributed by atoms with van der Waals surface area (Å²) in [5.41, 5.74) is 1.08. The normalized spacial score (nSPS) is 13.9. The van der Waals surface area contributed by atoms with Crippen molar-refractivity contribution in [2.75, 3.05) is 14.2 Å². The third-order valence-corrected chi connectivity index (χ3v) is 7.15. The summed E-state index contributed by atoms with van der Waals surface area (Å²) in [7, 11) is 2.94. The van der Waals surface area contributed by atoms with E-state index in [1.807, 2.05) is 74.5 Å². The summed E-state index contributed by atoms with van der Waals surface area (Å²) in [6.07, 6.45) is 11.1. The summed E-state index contributed by atoms with van der Waals surface area (Å²) in [6, 6.07) is 19.9. The Morgan fingerprint density at radius 1 is 0.583 bits per heavy atom. The van der Waals surface area contributed by atoms with Gasteiger partial charge in [-0.3, -0.25) is 9.59 Å². The lowest BCUT2D eigenvalue weighted by Gasteiger charge is -2.27. The number of hydrogen-bond acceptors (Lipinski definition) is 4. The third-order valence-electron chi connectivity index (χ3n) is 7.15. The quantitative estimate of drug-likeness (QED) is 0.195. The molecule has 4 heteroatoms. The molecule has 36 heavy (non-hydrogen) atoms. The summed E-state index contributed by atoms with van der Waals surface area (Å²) in [6.45, 7) is 8.35. The Hall–Kier alpha value is -2.62. The van der Waals surface area contributed by atoms with Crippen molar-refractivity contribution in [1.29, 1.82) is 0 Å². The van der Waals surface area contributed by atoms with Crippen LogP contribution in [0.15, 0.2) is 60.7 Å². The fourth-order valence-electron chi connectivity index (χ4n) is 4.60. The molecule has 0 aromatic heterocycles. The SMILES string of the molecule is CCCCCCC(C)(C(=O)OC)c1ccccc1.CCCCCCC(C)(C(=O)OC)c1ccccc1. The van der Waals surface area contributed by atoms with Crippen LogP contribution >= 0.6 is 0 Å². The number of unbranched alkanes of at least 4 members (excludes halogenated alkanes) is 6. The van der Waals surface area contributed by atoms with Crippen molar-refractivity contribution in [1.82, 2.24) is 0 Å². The predicted molar refractivity (Wildman–Crippen MR) is 149 cm³/mol. The lowest BCUT2D eigenvalue weighted by atomic mass is 9.78. The van der Waals surface area contributed by atoms with E-state index in [0.717, 1.165) is 36.8 Å². The van der Waals surface area contributed by atoms with Crippen LogP contribution in [0.25, 0.3) is 0 Å². The zero-order valence-corrected chi connectivity index (χ0v) is 23.5. The highest BCUT2D eigenvalue weighted by molar-refractivity contribution is 5.83. The Kier molecular flexibility index (Phi) is 14.8. The number of carbonyl (C=O) groups excluding carboxylic acids is 2. The van der Waals surface area contributed by atoms with Crippen molar-refractivity contribution >= 4 is 11.9 Å². The minimum atomic E-state index is -0.510. The second-order valence-electron chi connectivity index (χ2n) is 10.0. The van der Waals surface area contributed by atoms with Crippen LogP contribution in [-0.2, 0) is 29.9 Å². The van der Waals surface area contributed by atoms with Crippen molar-refractivity contribution < 1.29 is 19.1 Å². The standard InChI is InChI=1S/2C16H24O2/c2*1-4-5-6-10-13-16(2,15(17)18-3)14-11-8-7-9-12-14/h2*7-9,11-12H,4-6,10,13H2,1-3H3. The van der Waals surface area contributed by atoms with Crippen molar-refractivity contribution in [3.8, 4) is 0 Å². The third kappa shape index (κ3) is 9.44. The van der Waals surface area contributed by atoms with E-state index in [-0.39, 0.29) is 11.9 Å². The van der Waals surface area contributed by atoms with Gasteiger partial charge in [-0.25, -0.2) is 0 Å². The number of carbonyl (C=O) groups is 2. The van der Waals surface area contributed by atoms with Crippen LogP contribution in [0, 0.1) is 0 Å². The predicted octanol–water partition coefficient (Wildman–Crippen LogP) is 8.18. The van der Waals surface area contributed by atoms with Crippen molar-refractivity contribution in [3.05, 3.63) is 71.8 Å². The molecule has 0 fully saturated rings. The van der Waals surface area contributed by atoms with Gasteiger partial charge < -0.3 is 9.47 Å². The van der Waals surface area contributed by atoms with E-state index < -0.39 is 10.8 Å². The lowest BCUT2D eigenvalue weighted by Crippen LogP contribution is -2.33. The van der Waals surface area contributed by atoms with Crippen LogP contribution in [0.3, 0.4) is 0 Å². The zero-order valence-electron chi connectivity index (χ0n) is 23.5. The molecule has 4 nitrogen and oxygen atoms in total. The van der Waals surface area contributed by atoms with E-state index in [1.165, 1.54) is 52.7 Å². The van der Waals surface area contributed by atoms with Gasteiger partial charge in [-0.05, 0) is 37.8 Å². The fourth-order valence-corrected chi connectivity index (χ4v) is 4.60. The van der Waals surface area contributed by atoms with Gasteiger partial charge in [0.05, 0.1) is 25.0 Å². The Labute approximate surface area is 219 Å². The lowest BCUT2D eigenvalue weighted by molar-refractivity contribution is -0.148. The van der Waals surface area contributed by atoms with E-state index in [2.05, 4.69) is 13.8 Å². The van der Waals surface area contributed by atoms with Crippen molar-refractivity contribution in [2.45, 2.75) is 103 Å². The molecule has 0 aliphatic carbocycles. The molecule has 0 aliphatic rings. The molecular weight excluding hydrogens is 448 g/mol. The molecule has 0 bridgehead atoms. The summed E-state index contributed by atoms with van der Waals surface area (Å²) in [5, 5.41) is 0. The average Bonchev–Trinajstić information content (AvgIpc) is 2.93. The van der Waals surface area contributed by atoms with Gasteiger partial charge in [0.2, 0.25) is 0 Å². The number of ether oxygens (including phenoxy) is 2. The number of rotatable bonds is 14. The van der Waals surface area contributed by atoms with Crippen molar-refractivity contribution in [2.24, 2.45) is 0 Å². The first-order chi connectivity index (χ1) is 17.3. The van der Waals surface area contributed by atoms with Gasteiger partial charge >= 0.3 is 11.9 Å². The highest BCUT2D eigenvalue weighted by Gasteiger charge is 2.36. The van der Waals surface area contributed by atoms with E-state index in [1.54, 1.807) is 0 Å². The maximum atomic E-state index is 12.1. The summed E-state index contributed by atoms with van der Waals surface area (Å²) < 4.78 is 9.98. The van der Waals surface area contributed by atoms with E-state index in [0.29, 0.717) is 0 Å². The fraction of sp³-hybridized carbons (Fsp3) is 0.562. The topological polar surface area (TPSA) is 52.6 Å². The second-order valence-corrected chi connectivity index (χ2v) is 10.0. The molecule has 2 unspecified atom stereocenters. The Bertz CT molecular complexity index is 791. The summed E-state index contributed by atoms with van der Waals surface area (Å²) >= 11 is 0. The number of methoxy groups -OCH3 is 2. The molecule has 0 spiro atoms.